The van der Waals surface area contributed by atoms with Crippen molar-refractivity contribution in [1.82, 2.24) is 0 Å². The highest BCUT2D eigenvalue weighted by molar-refractivity contribution is 7.92. The topological polar surface area (TPSA) is 90.3 Å². The Balaban J connectivity index is 2.27. The van der Waals surface area contributed by atoms with Gasteiger partial charge >= 0.3 is 0 Å². The third-order valence-electron chi connectivity index (χ3n) is 3.49. The molecule has 0 aromatic heterocycles. The van der Waals surface area contributed by atoms with Gasteiger partial charge in [-0.3, -0.25) is 9.10 Å². The second kappa shape index (κ2) is 7.55. The summed E-state index contributed by atoms with van der Waals surface area (Å²) in [5.74, 6) is -0.516. The Kier molecular flexibility index (Phi) is 5.67. The van der Waals surface area contributed by atoms with Gasteiger partial charge in [-0.1, -0.05) is 23.7 Å². The summed E-state index contributed by atoms with van der Waals surface area (Å²) in [6.07, 6.45) is 1.00. The van der Waals surface area contributed by atoms with E-state index in [1.807, 2.05) is 6.07 Å². The van der Waals surface area contributed by atoms with E-state index in [-0.39, 0.29) is 5.69 Å². The molecule has 8 heteroatoms. The van der Waals surface area contributed by atoms with Gasteiger partial charge in [-0.05, 0) is 42.8 Å². The molecule has 25 heavy (non-hydrogen) atoms. The SMILES string of the molecule is Cc1c(Cl)cccc1NC(=O)CN(c1cccc(C#N)c1)S(C)(=O)=O. The van der Waals surface area contributed by atoms with E-state index in [0.717, 1.165) is 10.6 Å². The zero-order valence-electron chi connectivity index (χ0n) is 13.7. The number of nitrogens with one attached hydrogen (secondary N) is 1. The van der Waals surface area contributed by atoms with Crippen LogP contribution in [0.4, 0.5) is 11.4 Å². The summed E-state index contributed by atoms with van der Waals surface area (Å²) in [5.41, 5.74) is 1.75. The maximum absolute atomic E-state index is 12.3. The largest absolute Gasteiger partial charge is 0.324 e. The Bertz CT molecular complexity index is 952. The van der Waals surface area contributed by atoms with Crippen LogP contribution in [0.3, 0.4) is 0 Å². The van der Waals surface area contributed by atoms with Crippen molar-refractivity contribution in [2.45, 2.75) is 6.92 Å². The van der Waals surface area contributed by atoms with Crippen LogP contribution in [0.5, 0.6) is 0 Å². The number of rotatable bonds is 5. The maximum atomic E-state index is 12.3. The number of nitrogens with zero attached hydrogens (tertiary/aromatic N) is 2. The molecule has 0 heterocycles. The summed E-state index contributed by atoms with van der Waals surface area (Å²) in [7, 11) is -3.71. The predicted molar refractivity (Wildman–Crippen MR) is 98.2 cm³/mol. The summed E-state index contributed by atoms with van der Waals surface area (Å²) in [6, 6.07) is 13.1. The lowest BCUT2D eigenvalue weighted by atomic mass is 10.2. The minimum absolute atomic E-state index is 0.250. The molecule has 0 fully saturated rings. The second-order valence-corrected chi connectivity index (χ2v) is 7.71. The lowest BCUT2D eigenvalue weighted by Gasteiger charge is -2.22. The van der Waals surface area contributed by atoms with Crippen LogP contribution >= 0.6 is 11.6 Å². The minimum Gasteiger partial charge on any atom is -0.324 e. The lowest BCUT2D eigenvalue weighted by molar-refractivity contribution is -0.114. The number of halogens is 1. The lowest BCUT2D eigenvalue weighted by Crippen LogP contribution is -2.37. The molecule has 0 saturated heterocycles. The van der Waals surface area contributed by atoms with Crippen molar-refractivity contribution in [3.8, 4) is 6.07 Å². The van der Waals surface area contributed by atoms with Gasteiger partial charge in [-0.2, -0.15) is 5.26 Å². The molecule has 0 aliphatic rings. The van der Waals surface area contributed by atoms with E-state index in [1.54, 1.807) is 37.3 Å². The fourth-order valence-corrected chi connectivity index (χ4v) is 3.22. The Morgan fingerprint density at radius 1 is 1.28 bits per heavy atom. The van der Waals surface area contributed by atoms with Gasteiger partial charge in [0.1, 0.15) is 6.54 Å². The molecule has 2 aromatic carbocycles. The number of hydrogen-bond donors (Lipinski definition) is 1. The van der Waals surface area contributed by atoms with Gasteiger partial charge in [-0.15, -0.1) is 0 Å². The highest BCUT2D eigenvalue weighted by atomic mass is 35.5. The molecule has 130 valence electrons. The minimum atomic E-state index is -3.71. The molecule has 0 bridgehead atoms. The Hall–Kier alpha value is -2.56. The summed E-state index contributed by atoms with van der Waals surface area (Å²) >= 11 is 6.02. The van der Waals surface area contributed by atoms with Gasteiger partial charge < -0.3 is 5.32 Å². The molecule has 2 aromatic rings. The molecule has 6 nitrogen and oxygen atoms in total. The average molecular weight is 378 g/mol. The highest BCUT2D eigenvalue weighted by Gasteiger charge is 2.21. The standard InChI is InChI=1S/C17H16ClN3O3S/c1-12-15(18)7-4-8-16(12)20-17(22)11-21(25(2,23)24)14-6-3-5-13(9-14)10-19/h3-9H,11H2,1-2H3,(H,20,22). The van der Waals surface area contributed by atoms with Gasteiger partial charge in [0, 0.05) is 10.7 Å². The molecular formula is C17H16ClN3O3S. The monoisotopic (exact) mass is 377 g/mol. The van der Waals surface area contributed by atoms with E-state index >= 15 is 0 Å². The van der Waals surface area contributed by atoms with E-state index in [0.29, 0.717) is 21.8 Å². The molecule has 0 radical (unpaired) electrons. The van der Waals surface area contributed by atoms with Gasteiger partial charge in [0.05, 0.1) is 23.6 Å². The number of sulfonamides is 1. The molecule has 0 unspecified atom stereocenters. The third-order valence-corrected chi connectivity index (χ3v) is 5.04. The zero-order valence-corrected chi connectivity index (χ0v) is 15.2. The quantitative estimate of drug-likeness (QED) is 0.867. The van der Waals surface area contributed by atoms with Crippen LogP contribution in [0.2, 0.25) is 5.02 Å². The van der Waals surface area contributed by atoms with Crippen molar-refractivity contribution in [3.05, 3.63) is 58.6 Å². The van der Waals surface area contributed by atoms with Crippen LogP contribution in [-0.4, -0.2) is 27.1 Å². The Labute approximate surface area is 151 Å². The van der Waals surface area contributed by atoms with E-state index in [9.17, 15) is 13.2 Å². The second-order valence-electron chi connectivity index (χ2n) is 5.39. The summed E-state index contributed by atoms with van der Waals surface area (Å²) < 4.78 is 25.1. The van der Waals surface area contributed by atoms with E-state index in [2.05, 4.69) is 5.32 Å². The number of anilines is 2. The first-order chi connectivity index (χ1) is 11.7. The normalized spacial score (nSPS) is 10.8. The van der Waals surface area contributed by atoms with Crippen molar-refractivity contribution >= 4 is 38.9 Å². The number of amides is 1. The molecule has 1 amide bonds. The third kappa shape index (κ3) is 4.72. The van der Waals surface area contributed by atoms with Crippen molar-refractivity contribution in [2.24, 2.45) is 0 Å². The van der Waals surface area contributed by atoms with E-state index < -0.39 is 22.5 Å². The van der Waals surface area contributed by atoms with Crippen molar-refractivity contribution in [1.29, 1.82) is 5.26 Å². The Morgan fingerprint density at radius 2 is 1.96 bits per heavy atom. The molecule has 0 atom stereocenters. The highest BCUT2D eigenvalue weighted by Crippen LogP contribution is 2.23. The molecule has 0 spiro atoms. The molecule has 1 N–H and O–H groups in total. The summed E-state index contributed by atoms with van der Waals surface area (Å²) in [5, 5.41) is 12.1. The van der Waals surface area contributed by atoms with Crippen molar-refractivity contribution in [2.75, 3.05) is 22.4 Å². The fourth-order valence-electron chi connectivity index (χ4n) is 2.19. The van der Waals surface area contributed by atoms with Crippen molar-refractivity contribution < 1.29 is 13.2 Å². The van der Waals surface area contributed by atoms with Gasteiger partial charge in [0.25, 0.3) is 0 Å². The summed E-state index contributed by atoms with van der Waals surface area (Å²) in [4.78, 5) is 12.3. The molecule has 2 rings (SSSR count). The first kappa shape index (κ1) is 18.8. The van der Waals surface area contributed by atoms with Crippen LogP contribution < -0.4 is 9.62 Å². The number of hydrogen-bond acceptors (Lipinski definition) is 4. The summed E-state index contributed by atoms with van der Waals surface area (Å²) in [6.45, 7) is 1.34. The predicted octanol–water partition coefficient (Wildman–Crippen LogP) is 2.92. The zero-order chi connectivity index (χ0) is 18.6. The molecule has 0 saturated carbocycles. The van der Waals surface area contributed by atoms with Crippen molar-refractivity contribution in [3.63, 3.8) is 0 Å². The van der Waals surface area contributed by atoms with Crippen LogP contribution in [0.1, 0.15) is 11.1 Å². The van der Waals surface area contributed by atoms with Crippen LogP contribution in [0, 0.1) is 18.3 Å². The number of benzene rings is 2. The molecular weight excluding hydrogens is 362 g/mol. The first-order valence-electron chi connectivity index (χ1n) is 7.25. The van der Waals surface area contributed by atoms with Crippen LogP contribution in [0.15, 0.2) is 42.5 Å². The molecule has 0 aliphatic heterocycles. The number of carbonyl (C=O) groups is 1. The van der Waals surface area contributed by atoms with Crippen LogP contribution in [0.25, 0.3) is 0 Å². The average Bonchev–Trinajstić information content (AvgIpc) is 2.56. The maximum Gasteiger partial charge on any atom is 0.245 e. The van der Waals surface area contributed by atoms with E-state index in [1.165, 1.54) is 12.1 Å². The number of carbonyl (C=O) groups excluding carboxylic acids is 1. The van der Waals surface area contributed by atoms with Crippen LogP contribution in [-0.2, 0) is 14.8 Å². The first-order valence-corrected chi connectivity index (χ1v) is 9.48. The van der Waals surface area contributed by atoms with E-state index in [4.69, 9.17) is 16.9 Å². The molecule has 0 aliphatic carbocycles. The van der Waals surface area contributed by atoms with Gasteiger partial charge in [0.2, 0.25) is 15.9 Å². The Morgan fingerprint density at radius 3 is 2.60 bits per heavy atom. The van der Waals surface area contributed by atoms with Gasteiger partial charge in [-0.25, -0.2) is 8.42 Å². The van der Waals surface area contributed by atoms with Gasteiger partial charge in [0.15, 0.2) is 0 Å². The smallest absolute Gasteiger partial charge is 0.245 e. The number of nitriles is 1. The fraction of sp³-hybridized carbons (Fsp3) is 0.176.